The minimum absolute atomic E-state index is 0.0923. The van der Waals surface area contributed by atoms with Crippen molar-refractivity contribution in [2.45, 2.75) is 70.6 Å². The number of methoxy groups -OCH3 is 1. The van der Waals surface area contributed by atoms with E-state index in [0.29, 0.717) is 6.61 Å². The third-order valence-electron chi connectivity index (χ3n) is 4.32. The largest absolute Gasteiger partial charge is 0.467 e. The second-order valence-corrected chi connectivity index (χ2v) is 11.8. The molecule has 0 saturated carbocycles. The molecule has 1 aliphatic rings. The van der Waals surface area contributed by atoms with E-state index in [1.807, 2.05) is 0 Å². The van der Waals surface area contributed by atoms with Crippen molar-refractivity contribution in [2.75, 3.05) is 20.3 Å². The summed E-state index contributed by atoms with van der Waals surface area (Å²) in [6.45, 7) is 11.7. The molecule has 0 bridgehead atoms. The van der Waals surface area contributed by atoms with Crippen molar-refractivity contribution < 1.29 is 23.4 Å². The van der Waals surface area contributed by atoms with Crippen molar-refractivity contribution in [3.63, 3.8) is 0 Å². The zero-order valence-electron chi connectivity index (χ0n) is 14.2. The Kier molecular flexibility index (Phi) is 6.84. The molecule has 21 heavy (non-hydrogen) atoms. The van der Waals surface area contributed by atoms with Gasteiger partial charge in [-0.15, -0.1) is 0 Å². The molecule has 1 heterocycles. The van der Waals surface area contributed by atoms with E-state index < -0.39 is 20.4 Å². The predicted octanol–water partition coefficient (Wildman–Crippen LogP) is 3.09. The minimum atomic E-state index is -1.92. The topological polar surface area (TPSA) is 54.0 Å². The molecule has 1 saturated heterocycles. The Hall–Kier alpha value is -0.433. The number of hydrogen-bond donors (Lipinski definition) is 0. The Bertz CT molecular complexity index is 331. The highest BCUT2D eigenvalue weighted by Crippen LogP contribution is 2.36. The van der Waals surface area contributed by atoms with Crippen molar-refractivity contribution in [3.05, 3.63) is 0 Å². The molecule has 0 amide bonds. The highest BCUT2D eigenvalue weighted by Gasteiger charge is 2.39. The lowest BCUT2D eigenvalue weighted by molar-refractivity contribution is -0.206. The third kappa shape index (κ3) is 5.69. The molecule has 2 atom stereocenters. The van der Waals surface area contributed by atoms with Crippen LogP contribution >= 0.6 is 0 Å². The van der Waals surface area contributed by atoms with E-state index in [-0.39, 0.29) is 17.9 Å². The molecule has 124 valence electrons. The van der Waals surface area contributed by atoms with E-state index in [0.717, 1.165) is 19.3 Å². The summed E-state index contributed by atoms with van der Waals surface area (Å²) in [4.78, 5) is 11.9. The van der Waals surface area contributed by atoms with E-state index >= 15 is 0 Å². The summed E-state index contributed by atoms with van der Waals surface area (Å²) in [5, 5.41) is 0.0923. The monoisotopic (exact) mass is 318 g/mol. The quantitative estimate of drug-likeness (QED) is 0.556. The molecule has 0 aromatic carbocycles. The first kappa shape index (κ1) is 18.6. The summed E-state index contributed by atoms with van der Waals surface area (Å²) in [6.07, 6.45) is 1.87. The van der Waals surface area contributed by atoms with Gasteiger partial charge in [0.05, 0.1) is 13.7 Å². The van der Waals surface area contributed by atoms with Crippen LogP contribution in [0.5, 0.6) is 0 Å². The van der Waals surface area contributed by atoms with Crippen molar-refractivity contribution >= 4 is 14.3 Å². The van der Waals surface area contributed by atoms with Gasteiger partial charge < -0.3 is 18.6 Å². The van der Waals surface area contributed by atoms with Gasteiger partial charge in [-0.1, -0.05) is 20.8 Å². The van der Waals surface area contributed by atoms with Gasteiger partial charge in [-0.3, -0.25) is 0 Å². The van der Waals surface area contributed by atoms with Crippen LogP contribution in [0, 0.1) is 0 Å². The van der Waals surface area contributed by atoms with Crippen molar-refractivity contribution in [3.8, 4) is 0 Å². The molecule has 0 N–H and O–H groups in total. The molecular formula is C15H30O5Si. The van der Waals surface area contributed by atoms with Crippen LogP contribution in [-0.2, 0) is 23.4 Å². The Labute approximate surface area is 129 Å². The van der Waals surface area contributed by atoms with Crippen LogP contribution < -0.4 is 0 Å². The Morgan fingerprint density at radius 1 is 1.33 bits per heavy atom. The summed E-state index contributed by atoms with van der Waals surface area (Å²) < 4.78 is 22.2. The van der Waals surface area contributed by atoms with E-state index in [2.05, 4.69) is 33.9 Å². The smallest absolute Gasteiger partial charge is 0.337 e. The molecule has 1 rings (SSSR count). The molecule has 0 aromatic heterocycles. The standard InChI is InChI=1S/C15H30O5Si/c1-15(2,3)21(5,6)19-11-12(14(16)17-4)20-13-9-7-8-10-18-13/h12-13H,7-11H2,1-6H3. The zero-order valence-corrected chi connectivity index (χ0v) is 15.2. The first-order chi connectivity index (χ1) is 9.67. The molecule has 0 spiro atoms. The lowest BCUT2D eigenvalue weighted by Gasteiger charge is -2.37. The molecule has 6 heteroatoms. The maximum absolute atomic E-state index is 11.9. The van der Waals surface area contributed by atoms with Crippen LogP contribution in [0.25, 0.3) is 0 Å². The van der Waals surface area contributed by atoms with Gasteiger partial charge in [0, 0.05) is 6.61 Å². The lowest BCUT2D eigenvalue weighted by atomic mass is 10.2. The maximum atomic E-state index is 11.9. The summed E-state index contributed by atoms with van der Waals surface area (Å²) in [6, 6.07) is 0. The average molecular weight is 318 g/mol. The van der Waals surface area contributed by atoms with Gasteiger partial charge in [0.25, 0.3) is 0 Å². The van der Waals surface area contributed by atoms with Crippen LogP contribution in [0.3, 0.4) is 0 Å². The van der Waals surface area contributed by atoms with Crippen LogP contribution in [0.15, 0.2) is 0 Å². The Balaban J connectivity index is 2.59. The molecule has 0 aliphatic carbocycles. The van der Waals surface area contributed by atoms with Crippen molar-refractivity contribution in [1.29, 1.82) is 0 Å². The summed E-state index contributed by atoms with van der Waals surface area (Å²) in [7, 11) is -0.553. The van der Waals surface area contributed by atoms with E-state index in [9.17, 15) is 4.79 Å². The number of carbonyl (C=O) groups is 1. The van der Waals surface area contributed by atoms with E-state index in [1.165, 1.54) is 7.11 Å². The normalized spacial score (nSPS) is 21.9. The maximum Gasteiger partial charge on any atom is 0.337 e. The fourth-order valence-electron chi connectivity index (χ4n) is 1.80. The Morgan fingerprint density at radius 2 is 2.00 bits per heavy atom. The first-order valence-electron chi connectivity index (χ1n) is 7.66. The Morgan fingerprint density at radius 3 is 2.48 bits per heavy atom. The fraction of sp³-hybridized carbons (Fsp3) is 0.933. The summed E-state index contributed by atoms with van der Waals surface area (Å²) >= 11 is 0. The predicted molar refractivity (Wildman–Crippen MR) is 83.6 cm³/mol. The minimum Gasteiger partial charge on any atom is -0.467 e. The van der Waals surface area contributed by atoms with Gasteiger partial charge in [-0.25, -0.2) is 4.79 Å². The molecule has 2 unspecified atom stereocenters. The molecule has 0 radical (unpaired) electrons. The van der Waals surface area contributed by atoms with Crippen LogP contribution in [0.4, 0.5) is 0 Å². The van der Waals surface area contributed by atoms with Gasteiger partial charge in [0.2, 0.25) is 0 Å². The molecule has 5 nitrogen and oxygen atoms in total. The SMILES string of the molecule is COC(=O)C(CO[Si](C)(C)C(C)(C)C)OC1CCCCO1. The molecule has 0 aromatic rings. The van der Waals surface area contributed by atoms with Gasteiger partial charge in [0.1, 0.15) is 0 Å². The molecule has 1 aliphatic heterocycles. The van der Waals surface area contributed by atoms with E-state index in [1.54, 1.807) is 0 Å². The van der Waals surface area contributed by atoms with Gasteiger partial charge >= 0.3 is 5.97 Å². The first-order valence-corrected chi connectivity index (χ1v) is 10.6. The number of hydrogen-bond acceptors (Lipinski definition) is 5. The van der Waals surface area contributed by atoms with E-state index in [4.69, 9.17) is 18.6 Å². The van der Waals surface area contributed by atoms with Crippen molar-refractivity contribution in [1.82, 2.24) is 0 Å². The fourth-order valence-corrected chi connectivity index (χ4v) is 2.80. The number of esters is 1. The summed E-state index contributed by atoms with van der Waals surface area (Å²) in [5.74, 6) is -0.400. The van der Waals surface area contributed by atoms with Crippen LogP contribution in [0.1, 0.15) is 40.0 Å². The van der Waals surface area contributed by atoms with Gasteiger partial charge in [-0.05, 0) is 37.4 Å². The summed E-state index contributed by atoms with van der Waals surface area (Å²) in [5.41, 5.74) is 0. The number of ether oxygens (including phenoxy) is 3. The highest BCUT2D eigenvalue weighted by atomic mass is 28.4. The second kappa shape index (κ2) is 7.72. The third-order valence-corrected chi connectivity index (χ3v) is 8.82. The van der Waals surface area contributed by atoms with Crippen LogP contribution in [0.2, 0.25) is 18.1 Å². The average Bonchev–Trinajstić information content (AvgIpc) is 2.42. The second-order valence-electron chi connectivity index (χ2n) is 7.02. The van der Waals surface area contributed by atoms with Gasteiger partial charge in [0.15, 0.2) is 20.7 Å². The van der Waals surface area contributed by atoms with Crippen LogP contribution in [-0.4, -0.2) is 47.0 Å². The lowest BCUT2D eigenvalue weighted by Crippen LogP contribution is -2.45. The molecular weight excluding hydrogens is 288 g/mol. The highest BCUT2D eigenvalue weighted by molar-refractivity contribution is 6.74. The number of carbonyl (C=O) groups excluding carboxylic acids is 1. The number of rotatable bonds is 6. The molecule has 1 fully saturated rings. The van der Waals surface area contributed by atoms with Crippen molar-refractivity contribution in [2.24, 2.45) is 0 Å². The zero-order chi connectivity index (χ0) is 16.1. The van der Waals surface area contributed by atoms with Gasteiger partial charge in [-0.2, -0.15) is 0 Å².